The number of fused-ring (bicyclic) bond motifs is 1. The summed E-state index contributed by atoms with van der Waals surface area (Å²) in [6.45, 7) is -0.292. The molecule has 0 aliphatic carbocycles. The van der Waals surface area contributed by atoms with Crippen LogP contribution in [0.3, 0.4) is 0 Å². The van der Waals surface area contributed by atoms with Crippen molar-refractivity contribution in [2.75, 3.05) is 12.3 Å². The third kappa shape index (κ3) is 4.86. The number of ether oxygens (including phenoxy) is 1. The summed E-state index contributed by atoms with van der Waals surface area (Å²) >= 11 is 6.15. The number of halogens is 1. The number of rotatable bonds is 7. The number of anilines is 1. The summed E-state index contributed by atoms with van der Waals surface area (Å²) in [6, 6.07) is 9.74. The molecule has 0 unspecified atom stereocenters. The number of likely N-dealkylation sites (N-methyl/N-ethyl adjacent to an activating group) is 1. The summed E-state index contributed by atoms with van der Waals surface area (Å²) in [4.78, 5) is 30.2. The predicted octanol–water partition coefficient (Wildman–Crippen LogP) is 2.08. The van der Waals surface area contributed by atoms with E-state index in [2.05, 4.69) is 38.2 Å². The molecular formula is C25H26ClN7O4. The van der Waals surface area contributed by atoms with Crippen LogP contribution < -0.4 is 10.6 Å². The number of aromatic nitrogens is 5. The predicted molar refractivity (Wildman–Crippen MR) is 137 cm³/mol. The number of pyridine rings is 1. The molecule has 192 valence electrons. The fraction of sp³-hybridized carbons (Fsp3) is 0.320. The molecule has 1 saturated heterocycles. The quantitative estimate of drug-likeness (QED) is 0.284. The van der Waals surface area contributed by atoms with Crippen molar-refractivity contribution >= 4 is 34.5 Å². The number of aryl methyl sites for hydroxylation is 1. The Labute approximate surface area is 221 Å². The first-order chi connectivity index (χ1) is 19.0. The molecule has 0 radical (unpaired) electrons. The Kier molecular flexibility index (Phi) is 6.02. The van der Waals surface area contributed by atoms with E-state index < -0.39 is 37.4 Å². The lowest BCUT2D eigenvalue weighted by Gasteiger charge is -2.17. The van der Waals surface area contributed by atoms with Crippen LogP contribution in [0.5, 0.6) is 0 Å². The van der Waals surface area contributed by atoms with Crippen LogP contribution in [-0.4, -0.2) is 65.9 Å². The molecule has 4 N–H and O–H groups in total. The minimum absolute atomic E-state index is 0.225. The van der Waals surface area contributed by atoms with Gasteiger partial charge in [-0.1, -0.05) is 42.8 Å². The van der Waals surface area contributed by atoms with Crippen LogP contribution in [0.2, 0.25) is 5.02 Å². The van der Waals surface area contributed by atoms with Crippen molar-refractivity contribution in [2.45, 2.75) is 44.4 Å². The Morgan fingerprint density at radius 1 is 1.22 bits per heavy atom. The Morgan fingerprint density at radius 2 is 2.05 bits per heavy atom. The molecule has 0 bridgehead atoms. The van der Waals surface area contributed by atoms with Gasteiger partial charge in [0.1, 0.15) is 12.2 Å². The zero-order valence-corrected chi connectivity index (χ0v) is 20.4. The molecule has 0 saturated carbocycles. The average Bonchev–Trinajstić information content (AvgIpc) is 3.47. The van der Waals surface area contributed by atoms with Crippen molar-refractivity contribution in [2.24, 2.45) is 0 Å². The van der Waals surface area contributed by atoms with Crippen LogP contribution >= 0.6 is 11.6 Å². The molecule has 1 fully saturated rings. The number of nitrogens with one attached hydrogen (secondary N) is 2. The molecule has 12 heteroatoms. The van der Waals surface area contributed by atoms with Gasteiger partial charge < -0.3 is 25.6 Å². The number of hydrogen-bond acceptors (Lipinski definition) is 9. The van der Waals surface area contributed by atoms with E-state index in [0.717, 1.165) is 12.0 Å². The van der Waals surface area contributed by atoms with Gasteiger partial charge >= 0.3 is 0 Å². The van der Waals surface area contributed by atoms with Gasteiger partial charge in [0.25, 0.3) is 5.91 Å². The molecule has 1 amide bonds. The zero-order valence-electron chi connectivity index (χ0n) is 22.7. The highest BCUT2D eigenvalue weighted by Gasteiger charge is 2.47. The number of carbonyl (C=O) groups excluding carboxylic acids is 1. The molecular weight excluding hydrogens is 498 g/mol. The Balaban J connectivity index is 1.53. The van der Waals surface area contributed by atoms with E-state index in [9.17, 15) is 15.0 Å². The fourth-order valence-electron chi connectivity index (χ4n) is 4.21. The number of carbonyl (C=O) groups is 1. The van der Waals surface area contributed by atoms with Gasteiger partial charge in [0.2, 0.25) is 0 Å². The van der Waals surface area contributed by atoms with Gasteiger partial charge in [-0.2, -0.15) is 0 Å². The summed E-state index contributed by atoms with van der Waals surface area (Å²) in [7, 11) is 0. The summed E-state index contributed by atoms with van der Waals surface area (Å²) in [5, 5.41) is 26.7. The molecule has 4 atom stereocenters. The van der Waals surface area contributed by atoms with Crippen LogP contribution in [0.25, 0.3) is 22.6 Å². The van der Waals surface area contributed by atoms with E-state index in [0.29, 0.717) is 28.5 Å². The number of hydrogen-bond donors (Lipinski definition) is 4. The minimum Gasteiger partial charge on any atom is -0.387 e. The normalized spacial score (nSPS) is 22.9. The lowest BCUT2D eigenvalue weighted by molar-refractivity contribution is -0.137. The van der Waals surface area contributed by atoms with Crippen molar-refractivity contribution in [3.05, 3.63) is 65.2 Å². The van der Waals surface area contributed by atoms with Crippen molar-refractivity contribution in [3.8, 4) is 11.4 Å². The first kappa shape index (κ1) is 21.4. The second kappa shape index (κ2) is 10.4. The maximum absolute atomic E-state index is 12.4. The van der Waals surface area contributed by atoms with E-state index in [4.69, 9.17) is 20.5 Å². The lowest BCUT2D eigenvalue weighted by atomic mass is 10.1. The van der Waals surface area contributed by atoms with Crippen LogP contribution in [0, 0.1) is 0 Å². The summed E-state index contributed by atoms with van der Waals surface area (Å²) in [5.74, 6) is -0.459. The molecule has 1 aromatic carbocycles. The molecule has 4 heterocycles. The highest BCUT2D eigenvalue weighted by Crippen LogP contribution is 2.34. The minimum atomic E-state index is -2.80. The molecule has 0 spiro atoms. The highest BCUT2D eigenvalue weighted by molar-refractivity contribution is 6.30. The van der Waals surface area contributed by atoms with Gasteiger partial charge in [-0.05, 0) is 23.6 Å². The Morgan fingerprint density at radius 3 is 2.84 bits per heavy atom. The van der Waals surface area contributed by atoms with Gasteiger partial charge in [0.15, 0.2) is 35.1 Å². The van der Waals surface area contributed by atoms with Crippen molar-refractivity contribution in [1.29, 1.82) is 0 Å². The summed E-state index contributed by atoms with van der Waals surface area (Å²) in [5.41, 5.74) is 3.29. The standard InChI is InChI=1S/C25H26ClN7O4/c1-3-13-5-4-6-14(7-13)9-29-22-17-23(32-21(31-22)15-8-16(26)11-28-10-15)33(12-30-17)25-19(35)18(34)20(37-25)24(36)27-2/h4-8,10-12,18-20,25,34-35H,3,9H2,1-2H3,(H,27,36)(H,29,31,32)/t18-,19+,20-,25+/m0/s1/i2D3. The first-order valence-corrected chi connectivity index (χ1v) is 11.9. The number of aliphatic hydroxyl groups excluding tert-OH is 2. The summed E-state index contributed by atoms with van der Waals surface area (Å²) in [6.07, 6.45) is -0.988. The maximum Gasteiger partial charge on any atom is 0.251 e. The molecule has 37 heavy (non-hydrogen) atoms. The smallest absolute Gasteiger partial charge is 0.251 e. The Bertz CT molecular complexity index is 1550. The molecule has 5 rings (SSSR count). The van der Waals surface area contributed by atoms with Crippen molar-refractivity contribution in [3.63, 3.8) is 0 Å². The molecule has 4 aromatic rings. The first-order valence-electron chi connectivity index (χ1n) is 13.0. The van der Waals surface area contributed by atoms with Crippen LogP contribution in [-0.2, 0) is 22.5 Å². The lowest BCUT2D eigenvalue weighted by Crippen LogP contribution is -2.41. The van der Waals surface area contributed by atoms with E-state index >= 15 is 0 Å². The number of benzene rings is 1. The SMILES string of the molecule is [2H]C([2H])([2H])NC(=O)[C@H]1O[C@@H](n2cnc3c(NCc4cccc(CC)c4)nc(-c4cncc(Cl)c4)nc32)[C@H](O)[C@@H]1O. The zero-order chi connectivity index (χ0) is 28.6. The van der Waals surface area contributed by atoms with Crippen LogP contribution in [0.4, 0.5) is 5.82 Å². The monoisotopic (exact) mass is 526 g/mol. The molecule has 11 nitrogen and oxygen atoms in total. The molecule has 3 aromatic heterocycles. The van der Waals surface area contributed by atoms with E-state index in [1.807, 2.05) is 18.2 Å². The molecule has 1 aliphatic heterocycles. The van der Waals surface area contributed by atoms with Gasteiger partial charge in [-0.3, -0.25) is 14.3 Å². The molecule has 1 aliphatic rings. The van der Waals surface area contributed by atoms with E-state index in [1.165, 1.54) is 22.7 Å². The number of nitrogens with zero attached hydrogens (tertiary/aromatic N) is 5. The van der Waals surface area contributed by atoms with Crippen molar-refractivity contribution in [1.82, 2.24) is 29.8 Å². The second-order valence-electron chi connectivity index (χ2n) is 8.56. The fourth-order valence-corrected chi connectivity index (χ4v) is 4.39. The topological polar surface area (TPSA) is 147 Å². The van der Waals surface area contributed by atoms with Gasteiger partial charge in [-0.15, -0.1) is 0 Å². The summed E-state index contributed by atoms with van der Waals surface area (Å²) < 4.78 is 28.8. The maximum atomic E-state index is 12.4. The third-order valence-electron chi connectivity index (χ3n) is 6.14. The van der Waals surface area contributed by atoms with Crippen molar-refractivity contribution < 1.29 is 23.9 Å². The average molecular weight is 527 g/mol. The van der Waals surface area contributed by atoms with Gasteiger partial charge in [0.05, 0.1) is 11.3 Å². The largest absolute Gasteiger partial charge is 0.387 e. The second-order valence-corrected chi connectivity index (χ2v) is 8.99. The number of amides is 1. The van der Waals surface area contributed by atoms with E-state index in [-0.39, 0.29) is 11.5 Å². The van der Waals surface area contributed by atoms with Gasteiger partial charge in [0, 0.05) is 35.6 Å². The number of aliphatic hydroxyl groups is 2. The highest BCUT2D eigenvalue weighted by atomic mass is 35.5. The van der Waals surface area contributed by atoms with Crippen LogP contribution in [0.15, 0.2) is 49.1 Å². The van der Waals surface area contributed by atoms with Gasteiger partial charge in [-0.25, -0.2) is 15.0 Å². The Hall–Kier alpha value is -3.64. The third-order valence-corrected chi connectivity index (χ3v) is 6.34. The van der Waals surface area contributed by atoms with E-state index in [1.54, 1.807) is 17.6 Å². The van der Waals surface area contributed by atoms with Crippen LogP contribution in [0.1, 0.15) is 28.4 Å². The number of imidazole rings is 1.